The van der Waals surface area contributed by atoms with Crippen LogP contribution >= 0.6 is 11.3 Å². The molecule has 6 nitrogen and oxygen atoms in total. The molecule has 3 rings (SSSR count). The van der Waals surface area contributed by atoms with Crippen LogP contribution in [-0.4, -0.2) is 40.8 Å². The average molecular weight is 268 g/mol. The van der Waals surface area contributed by atoms with Crippen molar-refractivity contribution in [2.24, 2.45) is 0 Å². The molecule has 2 aliphatic rings. The topological polar surface area (TPSA) is 70.1 Å². The Balaban J connectivity index is 2.23. The van der Waals surface area contributed by atoms with Crippen molar-refractivity contribution < 1.29 is 19.5 Å². The molecule has 2 unspecified atom stereocenters. The molecule has 0 aliphatic carbocycles. The Morgan fingerprint density at radius 3 is 3.06 bits per heavy atom. The van der Waals surface area contributed by atoms with E-state index in [1.54, 1.807) is 6.92 Å². The lowest BCUT2D eigenvalue weighted by molar-refractivity contribution is -0.153. The normalized spacial score (nSPS) is 29.5. The van der Waals surface area contributed by atoms with Gasteiger partial charge < -0.3 is 4.74 Å². The number of fused-ring (bicyclic) bond motifs is 4. The molecule has 1 fully saturated rings. The zero-order valence-electron chi connectivity index (χ0n) is 9.91. The number of ether oxygens (including phenoxy) is 1. The number of urea groups is 1. The maximum Gasteiger partial charge on any atom is 0.345 e. The fourth-order valence-electron chi connectivity index (χ4n) is 2.69. The van der Waals surface area contributed by atoms with Crippen molar-refractivity contribution in [2.45, 2.75) is 18.5 Å². The first-order chi connectivity index (χ1) is 8.51. The lowest BCUT2D eigenvalue weighted by Crippen LogP contribution is -2.52. The largest absolute Gasteiger partial charge is 0.467 e. The summed E-state index contributed by atoms with van der Waals surface area (Å²) >= 11 is 1.40. The van der Waals surface area contributed by atoms with E-state index in [0.717, 1.165) is 10.4 Å². The van der Waals surface area contributed by atoms with E-state index in [1.807, 2.05) is 11.4 Å². The minimum absolute atomic E-state index is 0.296. The van der Waals surface area contributed by atoms with Crippen LogP contribution in [0.5, 0.6) is 0 Å². The molecule has 2 bridgehead atoms. The average Bonchev–Trinajstić information content (AvgIpc) is 2.94. The minimum atomic E-state index is -1.15. The van der Waals surface area contributed by atoms with Crippen molar-refractivity contribution in [2.75, 3.05) is 13.7 Å². The molecule has 0 spiro atoms. The Morgan fingerprint density at radius 1 is 1.67 bits per heavy atom. The van der Waals surface area contributed by atoms with Gasteiger partial charge in [0.25, 0.3) is 0 Å². The molecular formula is C11H12N2O4S. The van der Waals surface area contributed by atoms with Gasteiger partial charge in [-0.25, -0.2) is 9.59 Å². The number of hydrogen-bond acceptors (Lipinski definition) is 5. The molecule has 0 saturated carbocycles. The molecule has 1 N–H and O–H groups in total. The van der Waals surface area contributed by atoms with Gasteiger partial charge in [-0.2, -0.15) is 5.06 Å². The van der Waals surface area contributed by atoms with Gasteiger partial charge >= 0.3 is 12.0 Å². The number of rotatable bonds is 1. The molecule has 0 aromatic carbocycles. The Labute approximate surface area is 107 Å². The Kier molecular flexibility index (Phi) is 2.21. The maximum atomic E-state index is 12.1. The Hall–Kier alpha value is -1.60. The molecule has 7 heteroatoms. The van der Waals surface area contributed by atoms with Crippen LogP contribution in [-0.2, 0) is 15.1 Å². The third-order valence-corrected chi connectivity index (χ3v) is 4.84. The molecule has 2 amide bonds. The van der Waals surface area contributed by atoms with Gasteiger partial charge in [-0.15, -0.1) is 11.3 Å². The van der Waals surface area contributed by atoms with Crippen molar-refractivity contribution in [1.29, 1.82) is 0 Å². The molecule has 0 radical (unpaired) electrons. The van der Waals surface area contributed by atoms with E-state index in [4.69, 9.17) is 4.74 Å². The van der Waals surface area contributed by atoms with E-state index in [-0.39, 0.29) is 0 Å². The van der Waals surface area contributed by atoms with Crippen LogP contribution in [0.4, 0.5) is 4.79 Å². The first-order valence-corrected chi connectivity index (χ1v) is 6.35. The fraction of sp³-hybridized carbons (Fsp3) is 0.455. The first kappa shape index (κ1) is 11.5. The summed E-state index contributed by atoms with van der Waals surface area (Å²) in [6.07, 6.45) is 0. The van der Waals surface area contributed by atoms with E-state index in [1.165, 1.54) is 23.3 Å². The van der Waals surface area contributed by atoms with Crippen molar-refractivity contribution in [3.8, 4) is 0 Å². The number of esters is 1. The zero-order chi connectivity index (χ0) is 13.1. The number of nitrogens with zero attached hydrogens (tertiary/aromatic N) is 2. The summed E-state index contributed by atoms with van der Waals surface area (Å²) in [5, 5.41) is 12.4. The van der Waals surface area contributed by atoms with Crippen LogP contribution in [0.25, 0.3) is 0 Å². The summed E-state index contributed by atoms with van der Waals surface area (Å²) in [5.74, 6) is -0.492. The van der Waals surface area contributed by atoms with Gasteiger partial charge in [0.1, 0.15) is 6.04 Å². The van der Waals surface area contributed by atoms with Crippen LogP contribution in [0.3, 0.4) is 0 Å². The number of thiophene rings is 1. The van der Waals surface area contributed by atoms with Gasteiger partial charge in [-0.3, -0.25) is 10.1 Å². The fourth-order valence-corrected chi connectivity index (χ4v) is 3.80. The van der Waals surface area contributed by atoms with E-state index in [2.05, 4.69) is 0 Å². The van der Waals surface area contributed by atoms with Gasteiger partial charge in [-0.05, 0) is 23.9 Å². The molecule has 96 valence electrons. The highest BCUT2D eigenvalue weighted by molar-refractivity contribution is 7.10. The van der Waals surface area contributed by atoms with Crippen molar-refractivity contribution in [3.63, 3.8) is 0 Å². The van der Waals surface area contributed by atoms with Gasteiger partial charge in [0.2, 0.25) is 0 Å². The lowest BCUT2D eigenvalue weighted by atomic mass is 9.89. The van der Waals surface area contributed by atoms with E-state index >= 15 is 0 Å². The molecule has 1 aromatic heterocycles. The van der Waals surface area contributed by atoms with Crippen molar-refractivity contribution >= 4 is 23.3 Å². The second-order valence-electron chi connectivity index (χ2n) is 4.52. The van der Waals surface area contributed by atoms with Gasteiger partial charge in [0.05, 0.1) is 13.7 Å². The lowest BCUT2D eigenvalue weighted by Gasteiger charge is -2.37. The van der Waals surface area contributed by atoms with E-state index < -0.39 is 23.6 Å². The van der Waals surface area contributed by atoms with Gasteiger partial charge in [0.15, 0.2) is 5.54 Å². The third kappa shape index (κ3) is 1.10. The number of hydrogen-bond donors (Lipinski definition) is 1. The summed E-state index contributed by atoms with van der Waals surface area (Å²) in [6, 6.07) is 0.887. The van der Waals surface area contributed by atoms with Crippen LogP contribution < -0.4 is 0 Å². The van der Waals surface area contributed by atoms with Crippen LogP contribution in [0.2, 0.25) is 0 Å². The molecule has 1 aromatic rings. The predicted octanol–water partition coefficient (Wildman–Crippen LogP) is 1.32. The Bertz CT molecular complexity index is 543. The molecule has 2 aliphatic heterocycles. The summed E-state index contributed by atoms with van der Waals surface area (Å²) in [4.78, 5) is 26.2. The second-order valence-corrected chi connectivity index (χ2v) is 5.44. The van der Waals surface area contributed by atoms with Gasteiger partial charge in [-0.1, -0.05) is 0 Å². The number of amides is 2. The maximum absolute atomic E-state index is 12.1. The molecule has 1 saturated heterocycles. The highest BCUT2D eigenvalue weighted by Crippen LogP contribution is 2.48. The standard InChI is InChI=1S/C11H12N2O4S/c1-11(9(14)17-2)8-6(3-4-18-8)7-5-12(11)10(15)13(7)16/h3-4,7,16H,5H2,1-2H3. The third-order valence-electron chi connectivity index (χ3n) is 3.70. The molecular weight excluding hydrogens is 256 g/mol. The zero-order valence-corrected chi connectivity index (χ0v) is 10.7. The number of hydroxylamine groups is 2. The number of carbonyl (C=O) groups excluding carboxylic acids is 2. The van der Waals surface area contributed by atoms with Crippen LogP contribution in [0.15, 0.2) is 11.4 Å². The highest BCUT2D eigenvalue weighted by atomic mass is 32.1. The summed E-state index contributed by atoms with van der Waals surface area (Å²) in [7, 11) is 1.30. The SMILES string of the molecule is COC(=O)C1(C)c2sccc2C2CN1C(=O)N2O. The molecule has 18 heavy (non-hydrogen) atoms. The summed E-state index contributed by atoms with van der Waals surface area (Å²) in [6.45, 7) is 1.95. The highest BCUT2D eigenvalue weighted by Gasteiger charge is 2.58. The second kappa shape index (κ2) is 3.46. The summed E-state index contributed by atoms with van der Waals surface area (Å²) < 4.78 is 4.83. The smallest absolute Gasteiger partial charge is 0.345 e. The predicted molar refractivity (Wildman–Crippen MR) is 62.2 cm³/mol. The van der Waals surface area contributed by atoms with Crippen molar-refractivity contribution in [1.82, 2.24) is 9.96 Å². The van der Waals surface area contributed by atoms with Crippen LogP contribution in [0, 0.1) is 0 Å². The minimum Gasteiger partial charge on any atom is -0.467 e. The number of methoxy groups -OCH3 is 1. The number of carbonyl (C=O) groups is 2. The summed E-state index contributed by atoms with van der Waals surface area (Å²) in [5.41, 5.74) is -0.332. The molecule has 3 heterocycles. The van der Waals surface area contributed by atoms with Crippen LogP contribution in [0.1, 0.15) is 23.4 Å². The first-order valence-electron chi connectivity index (χ1n) is 5.47. The molecule has 2 atom stereocenters. The van der Waals surface area contributed by atoms with E-state index in [0.29, 0.717) is 11.6 Å². The monoisotopic (exact) mass is 268 g/mol. The van der Waals surface area contributed by atoms with E-state index in [9.17, 15) is 14.8 Å². The van der Waals surface area contributed by atoms with Crippen molar-refractivity contribution in [3.05, 3.63) is 21.9 Å². The quantitative estimate of drug-likeness (QED) is 0.616. The van der Waals surface area contributed by atoms with Gasteiger partial charge in [0, 0.05) is 4.88 Å². The Morgan fingerprint density at radius 2 is 2.39 bits per heavy atom.